The molecule has 4 rings (SSSR count). The Morgan fingerprint density at radius 2 is 2.03 bits per heavy atom. The molecule has 1 aliphatic heterocycles. The number of halogens is 1. The summed E-state index contributed by atoms with van der Waals surface area (Å²) >= 11 is 0. The molecule has 3 amide bonds. The Bertz CT molecular complexity index is 1230. The average molecular weight is 484 g/mol. The van der Waals surface area contributed by atoms with Gasteiger partial charge in [0.15, 0.2) is 5.82 Å². The average Bonchev–Trinajstić information content (AvgIpc) is 3.32. The van der Waals surface area contributed by atoms with Gasteiger partial charge in [0.25, 0.3) is 5.91 Å². The number of benzene rings is 1. The Labute approximate surface area is 203 Å². The fourth-order valence-corrected chi connectivity index (χ4v) is 3.85. The van der Waals surface area contributed by atoms with Crippen LogP contribution in [0.1, 0.15) is 41.9 Å². The molecule has 3 heterocycles. The normalized spacial score (nSPS) is 13.5. The number of carbonyl (C=O) groups is 2. The number of aromatic nitrogens is 4. The highest BCUT2D eigenvalue weighted by molar-refractivity contribution is 6.04. The van der Waals surface area contributed by atoms with E-state index < -0.39 is 11.7 Å². The first-order valence-corrected chi connectivity index (χ1v) is 10.8. The Morgan fingerprint density at radius 1 is 1.26 bits per heavy atom. The maximum absolute atomic E-state index is 14.8. The van der Waals surface area contributed by atoms with Crippen LogP contribution >= 0.6 is 0 Å². The van der Waals surface area contributed by atoms with E-state index >= 15 is 0 Å². The van der Waals surface area contributed by atoms with Crippen LogP contribution in [0.25, 0.3) is 11.5 Å². The Balaban J connectivity index is 0.00000342. The van der Waals surface area contributed by atoms with Gasteiger partial charge in [0, 0.05) is 27.2 Å². The monoisotopic (exact) mass is 483 g/mol. The molecule has 2 aromatic heterocycles. The summed E-state index contributed by atoms with van der Waals surface area (Å²) < 4.78 is 16.5. The van der Waals surface area contributed by atoms with Gasteiger partial charge in [0.05, 0.1) is 18.2 Å². The summed E-state index contributed by atoms with van der Waals surface area (Å²) in [6, 6.07) is 7.46. The van der Waals surface area contributed by atoms with Gasteiger partial charge in [0.2, 0.25) is 0 Å². The summed E-state index contributed by atoms with van der Waals surface area (Å²) in [5.74, 6) is -0.624. The van der Waals surface area contributed by atoms with Crippen molar-refractivity contribution < 1.29 is 19.1 Å². The van der Waals surface area contributed by atoms with Gasteiger partial charge in [-0.3, -0.25) is 4.79 Å². The van der Waals surface area contributed by atoms with E-state index in [-0.39, 0.29) is 37.5 Å². The molecule has 0 saturated heterocycles. The lowest BCUT2D eigenvalue weighted by Crippen LogP contribution is -2.42. The van der Waals surface area contributed by atoms with Gasteiger partial charge in [0.1, 0.15) is 23.7 Å². The molecule has 0 spiro atoms. The van der Waals surface area contributed by atoms with Crippen molar-refractivity contribution in [2.24, 2.45) is 0 Å². The molecule has 0 bridgehead atoms. The smallest absolute Gasteiger partial charge is 0.319 e. The first kappa shape index (κ1) is 25.8. The van der Waals surface area contributed by atoms with E-state index in [0.29, 0.717) is 31.0 Å². The zero-order valence-corrected chi connectivity index (χ0v) is 19.2. The quantitative estimate of drug-likeness (QED) is 0.576. The lowest BCUT2D eigenvalue weighted by molar-refractivity contribution is 0.102. The predicted octanol–water partition coefficient (Wildman–Crippen LogP) is 2.96. The molecule has 186 valence electrons. The lowest BCUT2D eigenvalue weighted by atomic mass is 9.96. The van der Waals surface area contributed by atoms with Crippen LogP contribution in [0.4, 0.5) is 15.0 Å². The van der Waals surface area contributed by atoms with Crippen LogP contribution in [0, 0.1) is 5.82 Å². The molecule has 1 aliphatic rings. The van der Waals surface area contributed by atoms with Gasteiger partial charge in [-0.2, -0.15) is 0 Å². The number of urea groups is 1. The van der Waals surface area contributed by atoms with Crippen molar-refractivity contribution in [1.82, 2.24) is 29.5 Å². The third-order valence-electron chi connectivity index (χ3n) is 5.73. The van der Waals surface area contributed by atoms with Crippen molar-refractivity contribution >= 4 is 17.8 Å². The number of nitrogens with one attached hydrogen (secondary N) is 1. The second-order valence-corrected chi connectivity index (χ2v) is 8.40. The number of nitrogens with zero attached hydrogens (tertiary/aromatic N) is 6. The molecule has 1 aromatic carbocycles. The highest BCUT2D eigenvalue weighted by Gasteiger charge is 2.25. The van der Waals surface area contributed by atoms with Crippen molar-refractivity contribution in [1.29, 1.82) is 0 Å². The van der Waals surface area contributed by atoms with E-state index in [2.05, 4.69) is 20.5 Å². The number of aliphatic hydroxyl groups is 1. The Morgan fingerprint density at radius 3 is 2.74 bits per heavy atom. The minimum atomic E-state index is -0.647. The molecule has 2 N–H and O–H groups in total. The van der Waals surface area contributed by atoms with Crippen LogP contribution in [-0.4, -0.2) is 73.8 Å². The largest absolute Gasteiger partial charge is 0.394 e. The zero-order chi connectivity index (χ0) is 24.4. The molecule has 0 aliphatic carbocycles. The maximum atomic E-state index is 14.8. The van der Waals surface area contributed by atoms with Gasteiger partial charge in [-0.15, -0.1) is 10.2 Å². The predicted molar refractivity (Wildman–Crippen MR) is 129 cm³/mol. The van der Waals surface area contributed by atoms with Crippen LogP contribution < -0.4 is 5.32 Å². The molecular formula is C24H30FN7O3. The molecular weight excluding hydrogens is 453 g/mol. The molecule has 0 saturated carbocycles. The van der Waals surface area contributed by atoms with Crippen molar-refractivity contribution in [3.05, 3.63) is 59.2 Å². The minimum Gasteiger partial charge on any atom is -0.394 e. The summed E-state index contributed by atoms with van der Waals surface area (Å²) in [7, 11) is 3.35. The molecule has 1 atom stereocenters. The summed E-state index contributed by atoms with van der Waals surface area (Å²) in [4.78, 5) is 32.8. The fraction of sp³-hybridized carbons (Fsp3) is 0.375. The maximum Gasteiger partial charge on any atom is 0.319 e. The standard InChI is InChI=1S/C23H26FN7O3.CH4/c1-14(12-32)31-13-25-28-21(31)19-5-4-6-20(26-19)27-22(33)17-9-16-11-30(23(34)29(2)3)8-7-15(16)10-18(17)24;/h4-6,9-10,13-14,32H,7-8,11-12H2,1-3H3,(H,26,27,33);1H4/t14-;/m1./s1. The Hall–Kier alpha value is -3.86. The number of rotatable bonds is 5. The van der Waals surface area contributed by atoms with E-state index in [4.69, 9.17) is 0 Å². The molecule has 0 radical (unpaired) electrons. The molecule has 10 nitrogen and oxygen atoms in total. The first-order chi connectivity index (χ1) is 16.3. The summed E-state index contributed by atoms with van der Waals surface area (Å²) in [6.07, 6.45) is 2.01. The van der Waals surface area contributed by atoms with Gasteiger partial charge in [-0.25, -0.2) is 14.2 Å². The van der Waals surface area contributed by atoms with E-state index in [1.165, 1.54) is 23.4 Å². The highest BCUT2D eigenvalue weighted by atomic mass is 19.1. The second-order valence-electron chi connectivity index (χ2n) is 8.40. The lowest BCUT2D eigenvalue weighted by Gasteiger charge is -2.31. The summed E-state index contributed by atoms with van der Waals surface area (Å²) in [5, 5.41) is 20.0. The van der Waals surface area contributed by atoms with E-state index in [1.54, 1.807) is 41.8 Å². The fourth-order valence-electron chi connectivity index (χ4n) is 3.85. The van der Waals surface area contributed by atoms with Gasteiger partial charge in [-0.1, -0.05) is 13.5 Å². The number of hydrogen-bond acceptors (Lipinski definition) is 6. The third-order valence-corrected chi connectivity index (χ3v) is 5.73. The topological polar surface area (TPSA) is 116 Å². The number of hydrogen-bond donors (Lipinski definition) is 2. The number of pyridine rings is 1. The van der Waals surface area contributed by atoms with Crippen LogP contribution in [0.15, 0.2) is 36.7 Å². The van der Waals surface area contributed by atoms with Gasteiger partial charge < -0.3 is 24.8 Å². The summed E-state index contributed by atoms with van der Waals surface area (Å²) in [5.41, 5.74) is 1.84. The Kier molecular flexibility index (Phi) is 7.80. The van der Waals surface area contributed by atoms with E-state index in [1.807, 2.05) is 6.92 Å². The van der Waals surface area contributed by atoms with Crippen LogP contribution in [0.2, 0.25) is 0 Å². The number of carbonyl (C=O) groups excluding carboxylic acids is 2. The van der Waals surface area contributed by atoms with Crippen molar-refractivity contribution in [2.45, 2.75) is 33.4 Å². The van der Waals surface area contributed by atoms with Crippen LogP contribution in [0.5, 0.6) is 0 Å². The van der Waals surface area contributed by atoms with Crippen LogP contribution in [-0.2, 0) is 13.0 Å². The SMILES string of the molecule is C.C[C@H](CO)n1cnnc1-c1cccc(NC(=O)c2cc3c(cc2F)CCN(C(=O)N(C)C)C3)n1. The third kappa shape index (κ3) is 5.29. The van der Waals surface area contributed by atoms with E-state index in [0.717, 1.165) is 11.1 Å². The number of aliphatic hydroxyl groups excluding tert-OH is 1. The molecule has 35 heavy (non-hydrogen) atoms. The second kappa shape index (κ2) is 10.6. The molecule has 0 unspecified atom stereocenters. The molecule has 11 heteroatoms. The number of amides is 3. The molecule has 3 aromatic rings. The number of fused-ring (bicyclic) bond motifs is 1. The van der Waals surface area contributed by atoms with Crippen molar-refractivity contribution in [3.63, 3.8) is 0 Å². The van der Waals surface area contributed by atoms with Gasteiger partial charge >= 0.3 is 6.03 Å². The van der Waals surface area contributed by atoms with Gasteiger partial charge in [-0.05, 0) is 48.7 Å². The first-order valence-electron chi connectivity index (χ1n) is 10.8. The minimum absolute atomic E-state index is 0. The zero-order valence-electron chi connectivity index (χ0n) is 19.2. The van der Waals surface area contributed by atoms with Crippen molar-refractivity contribution in [2.75, 3.05) is 32.6 Å². The van der Waals surface area contributed by atoms with E-state index in [9.17, 15) is 19.1 Å². The highest BCUT2D eigenvalue weighted by Crippen LogP contribution is 2.25. The van der Waals surface area contributed by atoms with Crippen molar-refractivity contribution in [3.8, 4) is 11.5 Å². The van der Waals surface area contributed by atoms with Crippen LogP contribution in [0.3, 0.4) is 0 Å². The number of anilines is 1. The molecule has 0 fully saturated rings. The summed E-state index contributed by atoms with van der Waals surface area (Å²) in [6.45, 7) is 2.51.